The molecule has 0 aromatic carbocycles. The standard InChI is InChI=1S/C9H15N3O3/c1-8-6-11-12(7-8)3-2-10-9(14)15-5-4-13/h6-7,13H,2-5H2,1H3,(H,10,14). The Morgan fingerprint density at radius 3 is 3.13 bits per heavy atom. The van der Waals surface area contributed by atoms with E-state index in [1.165, 1.54) is 0 Å². The Morgan fingerprint density at radius 2 is 2.53 bits per heavy atom. The van der Waals surface area contributed by atoms with Crippen LogP contribution in [-0.4, -0.2) is 40.7 Å². The molecule has 2 N–H and O–H groups in total. The Balaban J connectivity index is 2.13. The van der Waals surface area contributed by atoms with Crippen LogP contribution in [0, 0.1) is 6.92 Å². The highest BCUT2D eigenvalue weighted by molar-refractivity contribution is 5.66. The van der Waals surface area contributed by atoms with Gasteiger partial charge in [0.25, 0.3) is 0 Å². The van der Waals surface area contributed by atoms with Crippen LogP contribution in [0.4, 0.5) is 4.79 Å². The fourth-order valence-corrected chi connectivity index (χ4v) is 1.05. The Morgan fingerprint density at radius 1 is 1.73 bits per heavy atom. The number of carbonyl (C=O) groups excluding carboxylic acids is 1. The van der Waals surface area contributed by atoms with Crippen molar-refractivity contribution in [1.82, 2.24) is 15.1 Å². The van der Waals surface area contributed by atoms with Crippen LogP contribution in [0.25, 0.3) is 0 Å². The van der Waals surface area contributed by atoms with Gasteiger partial charge in [-0.15, -0.1) is 0 Å². The number of rotatable bonds is 5. The molecule has 0 spiro atoms. The predicted molar refractivity (Wildman–Crippen MR) is 53.4 cm³/mol. The van der Waals surface area contributed by atoms with E-state index in [9.17, 15) is 4.79 Å². The van der Waals surface area contributed by atoms with E-state index in [0.717, 1.165) is 5.56 Å². The van der Waals surface area contributed by atoms with E-state index in [-0.39, 0.29) is 13.2 Å². The van der Waals surface area contributed by atoms with Crippen molar-refractivity contribution in [2.24, 2.45) is 0 Å². The second-order valence-electron chi connectivity index (χ2n) is 3.07. The first kappa shape index (κ1) is 11.5. The monoisotopic (exact) mass is 213 g/mol. The van der Waals surface area contributed by atoms with Gasteiger partial charge in [-0.05, 0) is 12.5 Å². The van der Waals surface area contributed by atoms with Crippen molar-refractivity contribution in [3.05, 3.63) is 18.0 Å². The SMILES string of the molecule is Cc1cnn(CCNC(=O)OCCO)c1. The van der Waals surface area contributed by atoms with Gasteiger partial charge in [-0.25, -0.2) is 4.79 Å². The van der Waals surface area contributed by atoms with E-state index in [0.29, 0.717) is 13.1 Å². The molecule has 0 atom stereocenters. The van der Waals surface area contributed by atoms with E-state index in [1.54, 1.807) is 10.9 Å². The fraction of sp³-hybridized carbons (Fsp3) is 0.556. The van der Waals surface area contributed by atoms with Crippen molar-refractivity contribution < 1.29 is 14.6 Å². The van der Waals surface area contributed by atoms with Gasteiger partial charge < -0.3 is 15.2 Å². The van der Waals surface area contributed by atoms with Crippen molar-refractivity contribution in [1.29, 1.82) is 0 Å². The number of nitrogens with zero attached hydrogens (tertiary/aromatic N) is 2. The highest BCUT2D eigenvalue weighted by Gasteiger charge is 2.00. The third kappa shape index (κ3) is 4.46. The first-order valence-electron chi connectivity index (χ1n) is 4.73. The van der Waals surface area contributed by atoms with Gasteiger partial charge in [-0.3, -0.25) is 4.68 Å². The lowest BCUT2D eigenvalue weighted by Gasteiger charge is -2.05. The van der Waals surface area contributed by atoms with Gasteiger partial charge >= 0.3 is 6.09 Å². The first-order valence-corrected chi connectivity index (χ1v) is 4.73. The molecule has 1 heterocycles. The summed E-state index contributed by atoms with van der Waals surface area (Å²) in [5.74, 6) is 0. The lowest BCUT2D eigenvalue weighted by Crippen LogP contribution is -2.28. The highest BCUT2D eigenvalue weighted by atomic mass is 16.6. The summed E-state index contributed by atoms with van der Waals surface area (Å²) >= 11 is 0. The zero-order chi connectivity index (χ0) is 11.1. The molecular weight excluding hydrogens is 198 g/mol. The van der Waals surface area contributed by atoms with E-state index >= 15 is 0 Å². The van der Waals surface area contributed by atoms with Gasteiger partial charge in [-0.2, -0.15) is 5.10 Å². The molecule has 6 heteroatoms. The summed E-state index contributed by atoms with van der Waals surface area (Å²) in [7, 11) is 0. The molecule has 0 saturated heterocycles. The molecule has 1 aromatic rings. The van der Waals surface area contributed by atoms with Crippen LogP contribution in [0.3, 0.4) is 0 Å². The lowest BCUT2D eigenvalue weighted by molar-refractivity contribution is 0.119. The molecule has 15 heavy (non-hydrogen) atoms. The quantitative estimate of drug-likeness (QED) is 0.716. The summed E-state index contributed by atoms with van der Waals surface area (Å²) in [5, 5.41) is 15.0. The van der Waals surface area contributed by atoms with Crippen LogP contribution in [0.15, 0.2) is 12.4 Å². The van der Waals surface area contributed by atoms with E-state index < -0.39 is 6.09 Å². The third-order valence-corrected chi connectivity index (χ3v) is 1.70. The molecule has 0 aliphatic heterocycles. The van der Waals surface area contributed by atoms with Crippen molar-refractivity contribution in [3.63, 3.8) is 0 Å². The molecule has 0 aliphatic carbocycles. The molecule has 0 bridgehead atoms. The Bertz CT molecular complexity index is 311. The summed E-state index contributed by atoms with van der Waals surface area (Å²) < 4.78 is 6.34. The number of nitrogens with one attached hydrogen (secondary N) is 1. The number of amides is 1. The normalized spacial score (nSPS) is 10.0. The Labute approximate surface area is 87.8 Å². The molecule has 0 aliphatic rings. The third-order valence-electron chi connectivity index (χ3n) is 1.70. The zero-order valence-corrected chi connectivity index (χ0v) is 8.64. The van der Waals surface area contributed by atoms with Gasteiger partial charge in [0.05, 0.1) is 19.3 Å². The topological polar surface area (TPSA) is 76.4 Å². The largest absolute Gasteiger partial charge is 0.447 e. The van der Waals surface area contributed by atoms with Crippen LogP contribution < -0.4 is 5.32 Å². The fourth-order valence-electron chi connectivity index (χ4n) is 1.05. The van der Waals surface area contributed by atoms with Crippen LogP contribution in [0.2, 0.25) is 0 Å². The molecule has 0 radical (unpaired) electrons. The van der Waals surface area contributed by atoms with E-state index in [2.05, 4.69) is 15.2 Å². The van der Waals surface area contributed by atoms with Crippen molar-refractivity contribution in [3.8, 4) is 0 Å². The van der Waals surface area contributed by atoms with Gasteiger partial charge in [-0.1, -0.05) is 0 Å². The number of aliphatic hydroxyl groups excluding tert-OH is 1. The second kappa shape index (κ2) is 6.02. The number of hydrogen-bond donors (Lipinski definition) is 2. The number of aliphatic hydroxyl groups is 1. The van der Waals surface area contributed by atoms with Crippen molar-refractivity contribution >= 4 is 6.09 Å². The van der Waals surface area contributed by atoms with E-state index in [1.807, 2.05) is 13.1 Å². The number of aryl methyl sites for hydroxylation is 1. The average Bonchev–Trinajstić information content (AvgIpc) is 2.61. The lowest BCUT2D eigenvalue weighted by atomic mass is 10.4. The molecule has 1 aromatic heterocycles. The number of aromatic nitrogens is 2. The zero-order valence-electron chi connectivity index (χ0n) is 8.64. The average molecular weight is 213 g/mol. The molecule has 1 rings (SSSR count). The summed E-state index contributed by atoms with van der Waals surface area (Å²) in [6.07, 6.45) is 3.12. The van der Waals surface area contributed by atoms with Gasteiger partial charge in [0, 0.05) is 12.7 Å². The maximum absolute atomic E-state index is 10.9. The molecule has 0 fully saturated rings. The maximum atomic E-state index is 10.9. The molecular formula is C9H15N3O3. The minimum absolute atomic E-state index is 0.0205. The molecule has 84 valence electrons. The van der Waals surface area contributed by atoms with Crippen molar-refractivity contribution in [2.45, 2.75) is 13.5 Å². The van der Waals surface area contributed by atoms with Crippen LogP contribution in [-0.2, 0) is 11.3 Å². The summed E-state index contributed by atoms with van der Waals surface area (Å²) in [5.41, 5.74) is 1.08. The van der Waals surface area contributed by atoms with Gasteiger partial charge in [0.1, 0.15) is 6.61 Å². The Kier molecular flexibility index (Phi) is 4.62. The molecule has 1 amide bonds. The molecule has 0 saturated carbocycles. The summed E-state index contributed by atoms with van der Waals surface area (Å²) in [4.78, 5) is 10.9. The summed E-state index contributed by atoms with van der Waals surface area (Å²) in [6, 6.07) is 0. The van der Waals surface area contributed by atoms with Crippen LogP contribution in [0.5, 0.6) is 0 Å². The van der Waals surface area contributed by atoms with Gasteiger partial charge in [0.15, 0.2) is 0 Å². The highest BCUT2D eigenvalue weighted by Crippen LogP contribution is 1.92. The van der Waals surface area contributed by atoms with E-state index in [4.69, 9.17) is 5.11 Å². The summed E-state index contributed by atoms with van der Waals surface area (Å²) in [6.45, 7) is 2.86. The first-order chi connectivity index (χ1) is 7.22. The number of hydrogen-bond acceptors (Lipinski definition) is 4. The van der Waals surface area contributed by atoms with Crippen LogP contribution >= 0.6 is 0 Å². The molecule has 0 unspecified atom stereocenters. The number of alkyl carbamates (subject to hydrolysis) is 1. The predicted octanol–water partition coefficient (Wildman–Crippen LogP) is -0.0900. The van der Waals surface area contributed by atoms with Gasteiger partial charge in [0.2, 0.25) is 0 Å². The number of carbonyl (C=O) groups is 1. The van der Waals surface area contributed by atoms with Crippen LogP contribution in [0.1, 0.15) is 5.56 Å². The maximum Gasteiger partial charge on any atom is 0.407 e. The smallest absolute Gasteiger partial charge is 0.407 e. The molecule has 6 nitrogen and oxygen atoms in total. The minimum atomic E-state index is -0.520. The Hall–Kier alpha value is -1.56. The van der Waals surface area contributed by atoms with Crippen molar-refractivity contribution in [2.75, 3.05) is 19.8 Å². The minimum Gasteiger partial charge on any atom is -0.447 e. The number of ether oxygens (including phenoxy) is 1. The second-order valence-corrected chi connectivity index (χ2v) is 3.07.